The number of carbonyl (C=O) groups is 1. The van der Waals surface area contributed by atoms with Crippen LogP contribution >= 0.6 is 0 Å². The first-order valence-corrected chi connectivity index (χ1v) is 5.88. The van der Waals surface area contributed by atoms with Crippen LogP contribution < -0.4 is 0 Å². The summed E-state index contributed by atoms with van der Waals surface area (Å²) in [5, 5.41) is 10.4. The molecular formula is C12H12FN3O2. The Balaban J connectivity index is 2.01. The van der Waals surface area contributed by atoms with Gasteiger partial charge < -0.3 is 4.74 Å². The van der Waals surface area contributed by atoms with Crippen LogP contribution in [0, 0.1) is 11.7 Å². The lowest BCUT2D eigenvalue weighted by Gasteiger charge is -2.06. The number of halogens is 1. The molecule has 1 unspecified atom stereocenters. The van der Waals surface area contributed by atoms with Crippen molar-refractivity contribution in [2.75, 3.05) is 6.61 Å². The van der Waals surface area contributed by atoms with Gasteiger partial charge in [-0.2, -0.15) is 15.4 Å². The Morgan fingerprint density at radius 2 is 2.28 bits per heavy atom. The van der Waals surface area contributed by atoms with E-state index in [9.17, 15) is 9.18 Å². The van der Waals surface area contributed by atoms with E-state index in [1.54, 1.807) is 6.92 Å². The van der Waals surface area contributed by atoms with Crippen LogP contribution in [0.4, 0.5) is 4.39 Å². The Morgan fingerprint density at radius 3 is 3.06 bits per heavy atom. The number of aromatic amines is 1. The van der Waals surface area contributed by atoms with Gasteiger partial charge in [0.25, 0.3) is 0 Å². The summed E-state index contributed by atoms with van der Waals surface area (Å²) in [5.74, 6) is -0.903. The number of aromatic nitrogens is 3. The number of nitrogens with zero attached hydrogens (tertiary/aromatic N) is 2. The molecule has 0 saturated heterocycles. The first kappa shape index (κ1) is 11.1. The molecule has 1 heterocycles. The predicted molar refractivity (Wildman–Crippen MR) is 61.4 cm³/mol. The smallest absolute Gasteiger partial charge is 0.309 e. The second-order valence-electron chi connectivity index (χ2n) is 4.36. The van der Waals surface area contributed by atoms with Gasteiger partial charge in [-0.05, 0) is 30.9 Å². The summed E-state index contributed by atoms with van der Waals surface area (Å²) in [5.41, 5.74) is 2.49. The van der Waals surface area contributed by atoms with E-state index in [4.69, 9.17) is 4.74 Å². The van der Waals surface area contributed by atoms with Crippen molar-refractivity contribution >= 4 is 17.0 Å². The molecule has 1 atom stereocenters. The van der Waals surface area contributed by atoms with Crippen LogP contribution in [0.5, 0.6) is 0 Å². The lowest BCUT2D eigenvalue weighted by Crippen LogP contribution is -2.17. The molecule has 0 aliphatic heterocycles. The highest BCUT2D eigenvalue weighted by Gasteiger charge is 2.33. The molecule has 18 heavy (non-hydrogen) atoms. The van der Waals surface area contributed by atoms with Gasteiger partial charge in [0, 0.05) is 6.07 Å². The van der Waals surface area contributed by atoms with Crippen molar-refractivity contribution in [3.63, 3.8) is 0 Å². The van der Waals surface area contributed by atoms with Crippen molar-refractivity contribution < 1.29 is 13.9 Å². The summed E-state index contributed by atoms with van der Waals surface area (Å²) in [4.78, 5) is 11.7. The summed E-state index contributed by atoms with van der Waals surface area (Å²) in [6.45, 7) is 2.10. The van der Waals surface area contributed by atoms with Gasteiger partial charge in [-0.1, -0.05) is 0 Å². The van der Waals surface area contributed by atoms with Crippen molar-refractivity contribution in [1.82, 2.24) is 15.4 Å². The van der Waals surface area contributed by atoms with Crippen LogP contribution in [-0.4, -0.2) is 28.0 Å². The molecular weight excluding hydrogens is 237 g/mol. The highest BCUT2D eigenvalue weighted by molar-refractivity contribution is 5.83. The average Bonchev–Trinajstić information content (AvgIpc) is 2.93. The van der Waals surface area contributed by atoms with E-state index in [-0.39, 0.29) is 17.7 Å². The minimum Gasteiger partial charge on any atom is -0.466 e. The Morgan fingerprint density at radius 1 is 1.50 bits per heavy atom. The Bertz CT molecular complexity index is 623. The molecule has 0 amide bonds. The average molecular weight is 249 g/mol. The number of rotatable bonds is 2. The number of hydrogen-bond donors (Lipinski definition) is 1. The van der Waals surface area contributed by atoms with E-state index in [1.807, 2.05) is 0 Å². The number of hydrogen-bond acceptors (Lipinski definition) is 4. The molecule has 1 N–H and O–H groups in total. The molecule has 0 fully saturated rings. The van der Waals surface area contributed by atoms with Crippen molar-refractivity contribution in [1.29, 1.82) is 0 Å². The Hall–Kier alpha value is -1.98. The summed E-state index contributed by atoms with van der Waals surface area (Å²) in [6, 6.07) is 1.35. The molecule has 1 aromatic carbocycles. The highest BCUT2D eigenvalue weighted by Crippen LogP contribution is 2.33. The molecule has 1 aliphatic carbocycles. The zero-order chi connectivity index (χ0) is 12.7. The third kappa shape index (κ3) is 1.56. The summed E-state index contributed by atoms with van der Waals surface area (Å²) < 4.78 is 18.9. The maximum Gasteiger partial charge on any atom is 0.309 e. The lowest BCUT2D eigenvalue weighted by atomic mass is 10.1. The van der Waals surface area contributed by atoms with Gasteiger partial charge in [0.05, 0.1) is 12.5 Å². The first-order valence-electron chi connectivity index (χ1n) is 5.88. The van der Waals surface area contributed by atoms with E-state index < -0.39 is 0 Å². The van der Waals surface area contributed by atoms with E-state index in [0.29, 0.717) is 36.0 Å². The molecule has 6 heteroatoms. The second kappa shape index (κ2) is 4.04. The molecule has 0 saturated carbocycles. The third-order valence-electron chi connectivity index (χ3n) is 3.30. The van der Waals surface area contributed by atoms with Gasteiger partial charge >= 0.3 is 5.97 Å². The van der Waals surface area contributed by atoms with Crippen LogP contribution in [0.3, 0.4) is 0 Å². The van der Waals surface area contributed by atoms with Crippen molar-refractivity contribution in [2.45, 2.75) is 19.8 Å². The lowest BCUT2D eigenvalue weighted by molar-refractivity contribution is -0.147. The van der Waals surface area contributed by atoms with E-state index in [1.165, 1.54) is 6.07 Å². The zero-order valence-electron chi connectivity index (χ0n) is 9.86. The molecule has 0 bridgehead atoms. The number of ether oxygens (including phenoxy) is 1. The van der Waals surface area contributed by atoms with Crippen LogP contribution in [-0.2, 0) is 22.4 Å². The topological polar surface area (TPSA) is 67.9 Å². The highest BCUT2D eigenvalue weighted by atomic mass is 19.1. The van der Waals surface area contributed by atoms with Gasteiger partial charge in [0.15, 0.2) is 0 Å². The summed E-state index contributed by atoms with van der Waals surface area (Å²) in [6.07, 6.45) is 0.845. The predicted octanol–water partition coefficient (Wildman–Crippen LogP) is 1.37. The molecule has 0 spiro atoms. The van der Waals surface area contributed by atoms with Crippen LogP contribution in [0.1, 0.15) is 18.1 Å². The molecule has 1 aromatic heterocycles. The van der Waals surface area contributed by atoms with E-state index >= 15 is 0 Å². The van der Waals surface area contributed by atoms with E-state index in [0.717, 1.165) is 5.56 Å². The number of esters is 1. The second-order valence-corrected chi connectivity index (χ2v) is 4.36. The standard InChI is InChI=1S/C12H12FN3O2/c1-2-18-12(17)6-3-7-8(4-6)11-10(5-9(7)13)14-16-15-11/h5-6H,2-4H2,1H3,(H,14,15,16). The fourth-order valence-corrected chi connectivity index (χ4v) is 2.49. The van der Waals surface area contributed by atoms with Gasteiger partial charge in [-0.25, -0.2) is 4.39 Å². The van der Waals surface area contributed by atoms with Crippen molar-refractivity contribution in [3.05, 3.63) is 23.0 Å². The first-order chi connectivity index (χ1) is 8.70. The Kier molecular flexibility index (Phi) is 2.50. The number of nitrogens with one attached hydrogen (secondary N) is 1. The van der Waals surface area contributed by atoms with Crippen molar-refractivity contribution in [3.8, 4) is 0 Å². The summed E-state index contributed by atoms with van der Waals surface area (Å²) >= 11 is 0. The SMILES string of the molecule is CCOC(=O)C1Cc2c(F)cc3n[nH]nc3c2C1. The fraction of sp³-hybridized carbons (Fsp3) is 0.417. The van der Waals surface area contributed by atoms with Gasteiger partial charge in [0.2, 0.25) is 0 Å². The molecule has 2 aromatic rings. The molecule has 3 rings (SSSR count). The maximum absolute atomic E-state index is 13.9. The number of carbonyl (C=O) groups excluding carboxylic acids is 1. The third-order valence-corrected chi connectivity index (χ3v) is 3.30. The molecule has 94 valence electrons. The van der Waals surface area contributed by atoms with Gasteiger partial charge in [0.1, 0.15) is 16.9 Å². The molecule has 0 radical (unpaired) electrons. The quantitative estimate of drug-likeness (QED) is 0.816. The monoisotopic (exact) mass is 249 g/mol. The molecule has 5 nitrogen and oxygen atoms in total. The maximum atomic E-state index is 13.9. The minimum absolute atomic E-state index is 0.273. The van der Waals surface area contributed by atoms with Gasteiger partial charge in [-0.15, -0.1) is 0 Å². The van der Waals surface area contributed by atoms with Crippen LogP contribution in [0.15, 0.2) is 6.07 Å². The fourth-order valence-electron chi connectivity index (χ4n) is 2.49. The van der Waals surface area contributed by atoms with Crippen LogP contribution in [0.2, 0.25) is 0 Å². The Labute approximate surface area is 102 Å². The normalized spacial score (nSPS) is 18.0. The minimum atomic E-state index is -0.321. The van der Waals surface area contributed by atoms with E-state index in [2.05, 4.69) is 15.4 Å². The number of benzene rings is 1. The molecule has 1 aliphatic rings. The zero-order valence-corrected chi connectivity index (χ0v) is 9.86. The largest absolute Gasteiger partial charge is 0.466 e. The van der Waals surface area contributed by atoms with Crippen LogP contribution in [0.25, 0.3) is 11.0 Å². The summed E-state index contributed by atoms with van der Waals surface area (Å²) in [7, 11) is 0. The van der Waals surface area contributed by atoms with Crippen molar-refractivity contribution in [2.24, 2.45) is 5.92 Å². The number of H-pyrrole nitrogens is 1. The van der Waals surface area contributed by atoms with Gasteiger partial charge in [-0.3, -0.25) is 4.79 Å². The number of fused-ring (bicyclic) bond motifs is 3.